The van der Waals surface area contributed by atoms with Gasteiger partial charge in [0.05, 0.1) is 15.6 Å². The van der Waals surface area contributed by atoms with Crippen LogP contribution in [0, 0.1) is 17.0 Å². The van der Waals surface area contributed by atoms with Gasteiger partial charge in [-0.2, -0.15) is 0 Å². The number of carbonyl (C=O) groups is 1. The van der Waals surface area contributed by atoms with E-state index >= 15 is 0 Å². The second-order valence-electron chi connectivity index (χ2n) is 5.60. The molecule has 2 aromatic rings. The van der Waals surface area contributed by atoms with E-state index in [0.717, 1.165) is 5.56 Å². The Labute approximate surface area is 151 Å². The van der Waals surface area contributed by atoms with Crippen LogP contribution in [-0.2, 0) is 0 Å². The number of rotatable bonds is 7. The molecule has 7 heteroatoms. The number of nitrogens with zero attached hydrogens (tertiary/aromatic N) is 2. The molecule has 132 valence electrons. The van der Waals surface area contributed by atoms with Crippen molar-refractivity contribution < 1.29 is 9.72 Å². The largest absolute Gasteiger partial charge is 0.382 e. The highest BCUT2D eigenvalue weighted by Gasteiger charge is 2.14. The predicted molar refractivity (Wildman–Crippen MR) is 99.4 cm³/mol. The highest BCUT2D eigenvalue weighted by Crippen LogP contribution is 2.26. The van der Waals surface area contributed by atoms with Crippen molar-refractivity contribution >= 4 is 28.9 Å². The molecule has 2 aromatic carbocycles. The zero-order valence-electron chi connectivity index (χ0n) is 14.2. The first-order chi connectivity index (χ1) is 11.9. The number of hydrogen-bond acceptors (Lipinski definition) is 4. The maximum Gasteiger partial charge on any atom is 0.271 e. The van der Waals surface area contributed by atoms with Crippen LogP contribution in [0.25, 0.3) is 0 Å². The summed E-state index contributed by atoms with van der Waals surface area (Å²) in [4.78, 5) is 24.5. The van der Waals surface area contributed by atoms with Gasteiger partial charge in [0.2, 0.25) is 0 Å². The fraction of sp³-hybridized carbons (Fsp3) is 0.278. The number of anilines is 1. The molecule has 0 bridgehead atoms. The fourth-order valence-electron chi connectivity index (χ4n) is 2.37. The van der Waals surface area contributed by atoms with E-state index in [1.807, 2.05) is 38.1 Å². The Morgan fingerprint density at radius 3 is 2.48 bits per heavy atom. The third kappa shape index (κ3) is 4.93. The predicted octanol–water partition coefficient (Wildman–Crippen LogP) is 4.13. The number of hydrogen-bond donors (Lipinski definition) is 1. The molecular weight excluding hydrogens is 342 g/mol. The maximum atomic E-state index is 12.5. The number of nitro groups is 1. The van der Waals surface area contributed by atoms with Crippen molar-refractivity contribution in [3.63, 3.8) is 0 Å². The molecule has 0 aliphatic heterocycles. The normalized spacial score (nSPS) is 10.4. The van der Waals surface area contributed by atoms with Crippen LogP contribution in [0.5, 0.6) is 0 Å². The average molecular weight is 362 g/mol. The molecule has 1 amide bonds. The Hall–Kier alpha value is -2.60. The van der Waals surface area contributed by atoms with Crippen molar-refractivity contribution in [2.24, 2.45) is 0 Å². The van der Waals surface area contributed by atoms with Crippen LogP contribution in [0.1, 0.15) is 22.8 Å². The van der Waals surface area contributed by atoms with Crippen LogP contribution in [0.15, 0.2) is 42.5 Å². The van der Waals surface area contributed by atoms with E-state index < -0.39 is 4.92 Å². The molecule has 25 heavy (non-hydrogen) atoms. The molecule has 0 heterocycles. The lowest BCUT2D eigenvalue weighted by Crippen LogP contribution is -2.34. The standard InChI is InChI=1S/C18H20ClN3O3/c1-3-21(18(23)14-6-4-13(2)5-7-14)11-10-20-17-9-8-15(22(24)25)12-16(17)19/h4-9,12,20H,3,10-11H2,1-2H3. The van der Waals surface area contributed by atoms with Gasteiger partial charge in [0.1, 0.15) is 0 Å². The first-order valence-corrected chi connectivity index (χ1v) is 8.34. The molecule has 0 saturated heterocycles. The molecule has 0 spiro atoms. The Kier molecular flexibility index (Phi) is 6.36. The average Bonchev–Trinajstić information content (AvgIpc) is 2.60. The molecule has 0 aliphatic carbocycles. The Balaban J connectivity index is 1.96. The van der Waals surface area contributed by atoms with Gasteiger partial charge in [-0.3, -0.25) is 14.9 Å². The van der Waals surface area contributed by atoms with Crippen molar-refractivity contribution in [1.29, 1.82) is 0 Å². The third-order valence-electron chi connectivity index (χ3n) is 3.83. The van der Waals surface area contributed by atoms with E-state index in [1.54, 1.807) is 11.0 Å². The second kappa shape index (κ2) is 8.48. The number of nitro benzene ring substituents is 1. The number of carbonyl (C=O) groups excluding carboxylic acids is 1. The number of nitrogens with one attached hydrogen (secondary N) is 1. The molecule has 0 unspecified atom stereocenters. The van der Waals surface area contributed by atoms with Crippen LogP contribution in [-0.4, -0.2) is 35.4 Å². The van der Waals surface area contributed by atoms with Crippen molar-refractivity contribution in [1.82, 2.24) is 4.90 Å². The first kappa shape index (κ1) is 18.7. The first-order valence-electron chi connectivity index (χ1n) is 7.96. The minimum atomic E-state index is -0.491. The maximum absolute atomic E-state index is 12.5. The van der Waals surface area contributed by atoms with E-state index in [1.165, 1.54) is 12.1 Å². The highest BCUT2D eigenvalue weighted by molar-refractivity contribution is 6.33. The summed E-state index contributed by atoms with van der Waals surface area (Å²) in [7, 11) is 0. The van der Waals surface area contributed by atoms with Crippen molar-refractivity contribution in [3.8, 4) is 0 Å². The molecule has 0 aromatic heterocycles. The van der Waals surface area contributed by atoms with Crippen LogP contribution in [0.2, 0.25) is 5.02 Å². The summed E-state index contributed by atoms with van der Waals surface area (Å²) in [6.45, 7) is 5.47. The lowest BCUT2D eigenvalue weighted by Gasteiger charge is -2.21. The quantitative estimate of drug-likeness (QED) is 0.594. The topological polar surface area (TPSA) is 75.5 Å². The van der Waals surface area contributed by atoms with Crippen LogP contribution >= 0.6 is 11.6 Å². The van der Waals surface area contributed by atoms with E-state index in [9.17, 15) is 14.9 Å². The van der Waals surface area contributed by atoms with Crippen molar-refractivity contribution in [3.05, 3.63) is 68.7 Å². The SMILES string of the molecule is CCN(CCNc1ccc([N+](=O)[O-])cc1Cl)C(=O)c1ccc(C)cc1. The molecule has 0 saturated carbocycles. The lowest BCUT2D eigenvalue weighted by atomic mass is 10.1. The summed E-state index contributed by atoms with van der Waals surface area (Å²) in [6.07, 6.45) is 0. The highest BCUT2D eigenvalue weighted by atomic mass is 35.5. The smallest absolute Gasteiger partial charge is 0.271 e. The molecule has 0 radical (unpaired) electrons. The number of aryl methyl sites for hydroxylation is 1. The zero-order valence-corrected chi connectivity index (χ0v) is 14.9. The molecule has 6 nitrogen and oxygen atoms in total. The van der Waals surface area contributed by atoms with E-state index in [-0.39, 0.29) is 16.6 Å². The van der Waals surface area contributed by atoms with Gasteiger partial charge in [0.25, 0.3) is 11.6 Å². The third-order valence-corrected chi connectivity index (χ3v) is 4.14. The monoisotopic (exact) mass is 361 g/mol. The number of amides is 1. The second-order valence-corrected chi connectivity index (χ2v) is 6.01. The Morgan fingerprint density at radius 2 is 1.92 bits per heavy atom. The Morgan fingerprint density at radius 1 is 1.24 bits per heavy atom. The van der Waals surface area contributed by atoms with E-state index in [2.05, 4.69) is 5.32 Å². The van der Waals surface area contributed by atoms with Crippen molar-refractivity contribution in [2.75, 3.05) is 25.0 Å². The van der Waals surface area contributed by atoms with Gasteiger partial charge in [-0.1, -0.05) is 29.3 Å². The van der Waals surface area contributed by atoms with Gasteiger partial charge < -0.3 is 10.2 Å². The van der Waals surface area contributed by atoms with Gasteiger partial charge in [-0.15, -0.1) is 0 Å². The van der Waals surface area contributed by atoms with Crippen LogP contribution in [0.4, 0.5) is 11.4 Å². The molecule has 1 N–H and O–H groups in total. The minimum absolute atomic E-state index is 0.0286. The zero-order chi connectivity index (χ0) is 18.4. The van der Waals surface area contributed by atoms with E-state index in [0.29, 0.717) is 30.9 Å². The summed E-state index contributed by atoms with van der Waals surface area (Å²) in [6, 6.07) is 11.7. The number of benzene rings is 2. The number of halogens is 1. The number of non-ortho nitro benzene ring substituents is 1. The molecule has 0 fully saturated rings. The van der Waals surface area contributed by atoms with Gasteiger partial charge in [0.15, 0.2) is 0 Å². The van der Waals surface area contributed by atoms with Gasteiger partial charge >= 0.3 is 0 Å². The lowest BCUT2D eigenvalue weighted by molar-refractivity contribution is -0.384. The minimum Gasteiger partial charge on any atom is -0.382 e. The summed E-state index contributed by atoms with van der Waals surface area (Å²) in [5.41, 5.74) is 2.31. The van der Waals surface area contributed by atoms with Crippen LogP contribution in [0.3, 0.4) is 0 Å². The summed E-state index contributed by atoms with van der Waals surface area (Å²) in [5.74, 6) is -0.0286. The summed E-state index contributed by atoms with van der Waals surface area (Å²) >= 11 is 6.05. The van der Waals surface area contributed by atoms with Crippen molar-refractivity contribution in [2.45, 2.75) is 13.8 Å². The van der Waals surface area contributed by atoms with E-state index in [4.69, 9.17) is 11.6 Å². The molecule has 0 atom stereocenters. The van der Waals surface area contributed by atoms with Gasteiger partial charge in [-0.25, -0.2) is 0 Å². The van der Waals surface area contributed by atoms with Gasteiger partial charge in [0, 0.05) is 37.3 Å². The Bertz CT molecular complexity index is 763. The summed E-state index contributed by atoms with van der Waals surface area (Å²) < 4.78 is 0. The molecule has 2 rings (SSSR count). The fourth-order valence-corrected chi connectivity index (χ4v) is 2.61. The molecular formula is C18H20ClN3O3. The van der Waals surface area contributed by atoms with Crippen LogP contribution < -0.4 is 5.32 Å². The molecule has 0 aliphatic rings. The van der Waals surface area contributed by atoms with Gasteiger partial charge in [-0.05, 0) is 32.0 Å². The summed E-state index contributed by atoms with van der Waals surface area (Å²) in [5, 5.41) is 14.1. The number of likely N-dealkylation sites (N-methyl/N-ethyl adjacent to an activating group) is 1.